The molecule has 1 atom stereocenters. The number of pyridine rings is 1. The van der Waals surface area contributed by atoms with Crippen molar-refractivity contribution in [2.24, 2.45) is 4.99 Å². The first kappa shape index (κ1) is 21.8. The van der Waals surface area contributed by atoms with Crippen LogP contribution in [0.2, 0.25) is 10.0 Å². The van der Waals surface area contributed by atoms with Gasteiger partial charge in [-0.25, -0.2) is 0 Å². The molecule has 8 heteroatoms. The van der Waals surface area contributed by atoms with Gasteiger partial charge in [0.25, 0.3) is 0 Å². The summed E-state index contributed by atoms with van der Waals surface area (Å²) in [6.07, 6.45) is 4.53. The Bertz CT molecular complexity index is 1110. The molecule has 0 bridgehead atoms. The summed E-state index contributed by atoms with van der Waals surface area (Å²) in [6.45, 7) is 0. The standard InChI is InChI=1S/C23H21Cl2N3O2S/c1-29-17-11-18(30-2)21(25)19(20(17)24)15-10-14-12-26-23(31-3)28-22(14)16(27-15)9-13-7-5-4-6-8-13/h4-8,10-12,23,28H,9H2,1-3H3. The van der Waals surface area contributed by atoms with E-state index in [0.29, 0.717) is 39.2 Å². The molecule has 0 fully saturated rings. The molecule has 1 aliphatic rings. The number of nitrogens with zero attached hydrogens (tertiary/aromatic N) is 2. The third kappa shape index (κ3) is 4.33. The number of methoxy groups -OCH3 is 2. The van der Waals surface area contributed by atoms with Gasteiger partial charge >= 0.3 is 0 Å². The summed E-state index contributed by atoms with van der Waals surface area (Å²) in [6, 6.07) is 13.8. The largest absolute Gasteiger partial charge is 0.495 e. The highest BCUT2D eigenvalue weighted by Crippen LogP contribution is 2.46. The zero-order valence-electron chi connectivity index (χ0n) is 17.3. The predicted octanol–water partition coefficient (Wildman–Crippen LogP) is 6.15. The molecular weight excluding hydrogens is 453 g/mol. The van der Waals surface area contributed by atoms with Crippen LogP contribution >= 0.6 is 35.0 Å². The van der Waals surface area contributed by atoms with Crippen molar-refractivity contribution in [3.05, 3.63) is 69.3 Å². The van der Waals surface area contributed by atoms with Crippen LogP contribution in [0.1, 0.15) is 16.8 Å². The van der Waals surface area contributed by atoms with Gasteiger partial charge in [0.15, 0.2) is 5.50 Å². The molecule has 4 rings (SSSR count). The first-order valence-corrected chi connectivity index (χ1v) is 11.6. The maximum Gasteiger partial charge on any atom is 0.166 e. The Kier molecular flexibility index (Phi) is 6.60. The van der Waals surface area contributed by atoms with E-state index in [1.807, 2.05) is 36.7 Å². The Morgan fingerprint density at radius 2 is 1.71 bits per heavy atom. The van der Waals surface area contributed by atoms with Gasteiger partial charge in [-0.1, -0.05) is 53.5 Å². The third-order valence-electron chi connectivity index (χ3n) is 5.01. The minimum atomic E-state index is -0.0567. The van der Waals surface area contributed by atoms with E-state index in [4.69, 9.17) is 37.7 Å². The van der Waals surface area contributed by atoms with E-state index in [2.05, 4.69) is 22.4 Å². The molecule has 0 amide bonds. The third-order valence-corrected chi connectivity index (χ3v) is 6.45. The van der Waals surface area contributed by atoms with Crippen molar-refractivity contribution >= 4 is 46.9 Å². The SMILES string of the molecule is COc1cc(OC)c(Cl)c(-c2cc3c(c(Cc4ccccc4)n2)NC(SC)N=C3)c1Cl. The number of aromatic nitrogens is 1. The molecule has 31 heavy (non-hydrogen) atoms. The number of anilines is 1. The smallest absolute Gasteiger partial charge is 0.166 e. The normalized spacial score (nSPS) is 14.7. The van der Waals surface area contributed by atoms with Crippen LogP contribution in [0.4, 0.5) is 5.69 Å². The van der Waals surface area contributed by atoms with E-state index in [9.17, 15) is 0 Å². The molecule has 160 valence electrons. The van der Waals surface area contributed by atoms with E-state index < -0.39 is 0 Å². The zero-order valence-corrected chi connectivity index (χ0v) is 19.6. The van der Waals surface area contributed by atoms with Gasteiger partial charge < -0.3 is 14.8 Å². The van der Waals surface area contributed by atoms with Crippen molar-refractivity contribution in [3.63, 3.8) is 0 Å². The topological polar surface area (TPSA) is 55.7 Å². The van der Waals surface area contributed by atoms with E-state index in [1.54, 1.807) is 32.0 Å². The molecule has 1 N–H and O–H groups in total. The summed E-state index contributed by atoms with van der Waals surface area (Å²) in [4.78, 5) is 9.55. The Labute approximate surface area is 195 Å². The van der Waals surface area contributed by atoms with E-state index in [1.165, 1.54) is 0 Å². The van der Waals surface area contributed by atoms with Crippen LogP contribution < -0.4 is 14.8 Å². The molecule has 1 unspecified atom stereocenters. The Balaban J connectivity index is 1.92. The lowest BCUT2D eigenvalue weighted by atomic mass is 10.0. The van der Waals surface area contributed by atoms with Gasteiger partial charge in [-0.3, -0.25) is 9.98 Å². The number of ether oxygens (including phenoxy) is 2. The molecule has 0 saturated carbocycles. The highest BCUT2D eigenvalue weighted by molar-refractivity contribution is 7.99. The minimum Gasteiger partial charge on any atom is -0.495 e. The molecule has 1 aromatic heterocycles. The van der Waals surface area contributed by atoms with Crippen LogP contribution in [0.3, 0.4) is 0 Å². The molecule has 2 aromatic carbocycles. The van der Waals surface area contributed by atoms with Crippen LogP contribution in [0.5, 0.6) is 11.5 Å². The summed E-state index contributed by atoms with van der Waals surface area (Å²) < 4.78 is 10.9. The van der Waals surface area contributed by atoms with Crippen LogP contribution in [0.25, 0.3) is 11.3 Å². The fraction of sp³-hybridized carbons (Fsp3) is 0.217. The lowest BCUT2D eigenvalue weighted by molar-refractivity contribution is 0.395. The molecular formula is C23H21Cl2N3O2S. The van der Waals surface area contributed by atoms with E-state index in [0.717, 1.165) is 22.5 Å². The van der Waals surface area contributed by atoms with Crippen molar-refractivity contribution in [2.75, 3.05) is 25.8 Å². The lowest BCUT2D eigenvalue weighted by Crippen LogP contribution is -2.20. The lowest BCUT2D eigenvalue weighted by Gasteiger charge is -2.24. The number of nitrogens with one attached hydrogen (secondary N) is 1. The molecule has 3 aromatic rings. The second kappa shape index (κ2) is 9.39. The number of hydrogen-bond acceptors (Lipinski definition) is 6. The van der Waals surface area contributed by atoms with Crippen LogP contribution in [-0.2, 0) is 6.42 Å². The number of halogens is 2. The Hall–Kier alpha value is -2.41. The fourth-order valence-corrected chi connectivity index (χ4v) is 4.58. The summed E-state index contributed by atoms with van der Waals surface area (Å²) >= 11 is 15.0. The van der Waals surface area contributed by atoms with Gasteiger partial charge in [-0.15, -0.1) is 11.8 Å². The van der Waals surface area contributed by atoms with Gasteiger partial charge in [0.1, 0.15) is 11.5 Å². The predicted molar refractivity (Wildman–Crippen MR) is 131 cm³/mol. The second-order valence-electron chi connectivity index (χ2n) is 6.88. The second-order valence-corrected chi connectivity index (χ2v) is 8.55. The maximum atomic E-state index is 6.66. The molecule has 0 aliphatic carbocycles. The van der Waals surface area contributed by atoms with Gasteiger partial charge in [0.2, 0.25) is 0 Å². The molecule has 0 radical (unpaired) electrons. The van der Waals surface area contributed by atoms with Gasteiger partial charge in [-0.2, -0.15) is 0 Å². The average molecular weight is 474 g/mol. The van der Waals surface area contributed by atoms with E-state index in [-0.39, 0.29) is 5.50 Å². The number of fused-ring (bicyclic) bond motifs is 1. The summed E-state index contributed by atoms with van der Waals surface area (Å²) in [5, 5.41) is 4.24. The molecule has 1 aliphatic heterocycles. The number of aliphatic imine (C=N–C) groups is 1. The summed E-state index contributed by atoms with van der Waals surface area (Å²) in [7, 11) is 3.11. The molecule has 2 heterocycles. The molecule has 0 saturated heterocycles. The minimum absolute atomic E-state index is 0.0567. The van der Waals surface area contributed by atoms with E-state index >= 15 is 0 Å². The van der Waals surface area contributed by atoms with Gasteiger partial charge in [0.05, 0.1) is 41.3 Å². The van der Waals surface area contributed by atoms with Crippen molar-refractivity contribution < 1.29 is 9.47 Å². The highest BCUT2D eigenvalue weighted by Gasteiger charge is 2.24. The van der Waals surface area contributed by atoms with Crippen molar-refractivity contribution in [1.29, 1.82) is 0 Å². The first-order chi connectivity index (χ1) is 15.0. The number of benzene rings is 2. The molecule has 5 nitrogen and oxygen atoms in total. The zero-order chi connectivity index (χ0) is 22.0. The van der Waals surface area contributed by atoms with Crippen LogP contribution in [0.15, 0.2) is 47.5 Å². The van der Waals surface area contributed by atoms with Crippen LogP contribution in [-0.4, -0.2) is 37.2 Å². The highest BCUT2D eigenvalue weighted by atomic mass is 35.5. The number of thioether (sulfide) groups is 1. The average Bonchev–Trinajstić information content (AvgIpc) is 2.80. The van der Waals surface area contributed by atoms with Crippen LogP contribution in [0, 0.1) is 0 Å². The summed E-state index contributed by atoms with van der Waals surface area (Å²) in [5.41, 5.74) is 5.07. The molecule has 0 spiro atoms. The van der Waals surface area contributed by atoms with Gasteiger partial charge in [0, 0.05) is 29.8 Å². The Morgan fingerprint density at radius 1 is 1.03 bits per heavy atom. The quantitative estimate of drug-likeness (QED) is 0.464. The van der Waals surface area contributed by atoms with Gasteiger partial charge in [-0.05, 0) is 17.9 Å². The van der Waals surface area contributed by atoms with Crippen molar-refractivity contribution in [2.45, 2.75) is 11.9 Å². The number of rotatable bonds is 6. The Morgan fingerprint density at radius 3 is 2.32 bits per heavy atom. The summed E-state index contributed by atoms with van der Waals surface area (Å²) in [5.74, 6) is 0.938. The monoisotopic (exact) mass is 473 g/mol. The van der Waals surface area contributed by atoms with Crippen molar-refractivity contribution in [1.82, 2.24) is 4.98 Å². The first-order valence-electron chi connectivity index (χ1n) is 9.56. The number of hydrogen-bond donors (Lipinski definition) is 1. The van der Waals surface area contributed by atoms with Crippen molar-refractivity contribution in [3.8, 4) is 22.8 Å². The maximum absolute atomic E-state index is 6.66. The fourth-order valence-electron chi connectivity index (χ4n) is 3.47.